The zero-order valence-electron chi connectivity index (χ0n) is 16.2. The molecule has 0 unspecified atom stereocenters. The average Bonchev–Trinajstić information content (AvgIpc) is 3.07. The van der Waals surface area contributed by atoms with E-state index in [1.807, 2.05) is 44.3 Å². The van der Waals surface area contributed by atoms with E-state index < -0.39 is 0 Å². The number of fused-ring (bicyclic) bond motifs is 1. The lowest BCUT2D eigenvalue weighted by molar-refractivity contribution is 0.0956. The Hall–Kier alpha value is -3.22. The summed E-state index contributed by atoms with van der Waals surface area (Å²) in [6, 6.07) is 14.4. The van der Waals surface area contributed by atoms with Crippen molar-refractivity contribution in [2.75, 3.05) is 0 Å². The van der Waals surface area contributed by atoms with Crippen LogP contribution in [0.1, 0.15) is 21.6 Å². The molecule has 0 bridgehead atoms. The number of aromatic nitrogens is 3. The van der Waals surface area contributed by atoms with Gasteiger partial charge in [-0.2, -0.15) is 10.2 Å². The number of para-hydroxylation sites is 1. The summed E-state index contributed by atoms with van der Waals surface area (Å²) in [5, 5.41) is 9.85. The van der Waals surface area contributed by atoms with E-state index in [4.69, 9.17) is 23.2 Å². The molecule has 8 heteroatoms. The fourth-order valence-electron chi connectivity index (χ4n) is 3.03. The molecule has 4 aromatic rings. The minimum absolute atomic E-state index is 0.340. The van der Waals surface area contributed by atoms with Crippen LogP contribution in [-0.2, 0) is 7.05 Å². The van der Waals surface area contributed by atoms with Gasteiger partial charge in [0.2, 0.25) is 0 Å². The largest absolute Gasteiger partial charge is 0.272 e. The van der Waals surface area contributed by atoms with Gasteiger partial charge in [0.15, 0.2) is 0 Å². The molecule has 0 saturated carbocycles. The van der Waals surface area contributed by atoms with E-state index in [-0.39, 0.29) is 5.91 Å². The van der Waals surface area contributed by atoms with Crippen molar-refractivity contribution in [2.45, 2.75) is 6.92 Å². The van der Waals surface area contributed by atoms with Crippen LogP contribution in [0.15, 0.2) is 59.8 Å². The maximum absolute atomic E-state index is 12.9. The van der Waals surface area contributed by atoms with E-state index >= 15 is 0 Å². The molecule has 1 N–H and O–H groups in total. The van der Waals surface area contributed by atoms with Gasteiger partial charge in [-0.25, -0.2) is 10.4 Å². The van der Waals surface area contributed by atoms with Crippen LogP contribution in [0.3, 0.4) is 0 Å². The summed E-state index contributed by atoms with van der Waals surface area (Å²) in [7, 11) is 1.85. The maximum atomic E-state index is 12.9. The molecule has 0 aliphatic heterocycles. The van der Waals surface area contributed by atoms with E-state index in [1.54, 1.807) is 35.3 Å². The van der Waals surface area contributed by atoms with Crippen molar-refractivity contribution in [1.82, 2.24) is 20.2 Å². The Morgan fingerprint density at radius 2 is 1.93 bits per heavy atom. The second kappa shape index (κ2) is 8.26. The van der Waals surface area contributed by atoms with Crippen LogP contribution in [-0.4, -0.2) is 26.9 Å². The van der Waals surface area contributed by atoms with Crippen LogP contribution in [0.4, 0.5) is 0 Å². The average molecular weight is 438 g/mol. The number of pyridine rings is 1. The summed E-state index contributed by atoms with van der Waals surface area (Å²) in [5.74, 6) is -0.340. The Bertz CT molecular complexity index is 1300. The number of halogens is 2. The standard InChI is InChI=1S/C22H17Cl2N5O/c1-13-15(12-26-29(13)2)11-25-28-22(30)17-10-21(14-7-8-18(23)19(24)9-14)27-20-6-4-3-5-16(17)20/h3-12H,1-2H3,(H,28,30)/b25-11+. The van der Waals surface area contributed by atoms with Crippen molar-refractivity contribution in [3.05, 3.63) is 81.6 Å². The van der Waals surface area contributed by atoms with E-state index in [0.29, 0.717) is 26.8 Å². The molecule has 0 aliphatic rings. The second-order valence-corrected chi connectivity index (χ2v) is 7.52. The van der Waals surface area contributed by atoms with Crippen LogP contribution in [0.2, 0.25) is 10.0 Å². The predicted octanol–water partition coefficient (Wildman–Crippen LogP) is 5.01. The van der Waals surface area contributed by atoms with Gasteiger partial charge < -0.3 is 0 Å². The number of hydrazone groups is 1. The molecule has 0 spiro atoms. The summed E-state index contributed by atoms with van der Waals surface area (Å²) in [5.41, 5.74) is 6.90. The molecule has 2 aromatic carbocycles. The Morgan fingerprint density at radius 3 is 2.67 bits per heavy atom. The van der Waals surface area contributed by atoms with Crippen LogP contribution in [0.5, 0.6) is 0 Å². The molecule has 0 atom stereocenters. The molecule has 2 heterocycles. The smallest absolute Gasteiger partial charge is 0.272 e. The van der Waals surface area contributed by atoms with Crippen molar-refractivity contribution in [2.24, 2.45) is 12.1 Å². The predicted molar refractivity (Wildman–Crippen MR) is 120 cm³/mol. The molecule has 0 radical (unpaired) electrons. The first-order valence-electron chi connectivity index (χ1n) is 9.11. The lowest BCUT2D eigenvalue weighted by Gasteiger charge is -2.09. The SMILES string of the molecule is Cc1c(/C=N/NC(=O)c2cc(-c3ccc(Cl)c(Cl)c3)nc3ccccc23)cnn1C. The highest BCUT2D eigenvalue weighted by Crippen LogP contribution is 2.30. The molecule has 1 amide bonds. The van der Waals surface area contributed by atoms with Gasteiger partial charge in [0.1, 0.15) is 0 Å². The fraction of sp³-hybridized carbons (Fsp3) is 0.0909. The highest BCUT2D eigenvalue weighted by atomic mass is 35.5. The molecule has 150 valence electrons. The van der Waals surface area contributed by atoms with Crippen LogP contribution < -0.4 is 5.43 Å². The van der Waals surface area contributed by atoms with Crippen LogP contribution >= 0.6 is 23.2 Å². The van der Waals surface area contributed by atoms with E-state index in [0.717, 1.165) is 22.2 Å². The van der Waals surface area contributed by atoms with Crippen molar-refractivity contribution >= 4 is 46.2 Å². The van der Waals surface area contributed by atoms with Crippen LogP contribution in [0, 0.1) is 6.92 Å². The van der Waals surface area contributed by atoms with Crippen molar-refractivity contribution in [3.63, 3.8) is 0 Å². The molecule has 0 aliphatic carbocycles. The third-order valence-corrected chi connectivity index (χ3v) is 5.56. The number of aryl methyl sites for hydroxylation is 1. The number of hydrogen-bond donors (Lipinski definition) is 1. The monoisotopic (exact) mass is 437 g/mol. The lowest BCUT2D eigenvalue weighted by Crippen LogP contribution is -2.18. The van der Waals surface area contributed by atoms with Gasteiger partial charge in [-0.3, -0.25) is 9.48 Å². The number of nitrogens with one attached hydrogen (secondary N) is 1. The first kappa shape index (κ1) is 20.1. The summed E-state index contributed by atoms with van der Waals surface area (Å²) in [4.78, 5) is 17.6. The summed E-state index contributed by atoms with van der Waals surface area (Å²) >= 11 is 12.2. The highest BCUT2D eigenvalue weighted by molar-refractivity contribution is 6.42. The van der Waals surface area contributed by atoms with Crippen LogP contribution in [0.25, 0.3) is 22.2 Å². The fourth-order valence-corrected chi connectivity index (χ4v) is 3.33. The Kier molecular flexibility index (Phi) is 5.53. The molecular formula is C22H17Cl2N5O. The third kappa shape index (κ3) is 3.92. The quantitative estimate of drug-likeness (QED) is 0.360. The number of rotatable bonds is 4. The van der Waals surface area contributed by atoms with Gasteiger partial charge in [0.05, 0.1) is 39.2 Å². The number of hydrogen-bond acceptors (Lipinski definition) is 4. The van der Waals surface area contributed by atoms with Gasteiger partial charge in [-0.15, -0.1) is 0 Å². The summed E-state index contributed by atoms with van der Waals surface area (Å²) in [6.45, 7) is 1.93. The zero-order chi connectivity index (χ0) is 21.3. The molecular weight excluding hydrogens is 421 g/mol. The van der Waals surface area contributed by atoms with Gasteiger partial charge in [-0.1, -0.05) is 47.5 Å². The number of carbonyl (C=O) groups is 1. The molecule has 2 aromatic heterocycles. The molecule has 0 fully saturated rings. The lowest BCUT2D eigenvalue weighted by atomic mass is 10.0. The van der Waals surface area contributed by atoms with E-state index in [2.05, 4.69) is 20.6 Å². The maximum Gasteiger partial charge on any atom is 0.272 e. The van der Waals surface area contributed by atoms with Crippen molar-refractivity contribution in [1.29, 1.82) is 0 Å². The minimum atomic E-state index is -0.340. The first-order valence-corrected chi connectivity index (χ1v) is 9.87. The number of carbonyl (C=O) groups excluding carboxylic acids is 1. The molecule has 4 rings (SSSR count). The van der Waals surface area contributed by atoms with E-state index in [1.165, 1.54) is 0 Å². The summed E-state index contributed by atoms with van der Waals surface area (Å²) < 4.78 is 1.74. The Labute approximate surface area is 183 Å². The molecule has 6 nitrogen and oxygen atoms in total. The second-order valence-electron chi connectivity index (χ2n) is 6.71. The van der Waals surface area contributed by atoms with Crippen molar-refractivity contribution in [3.8, 4) is 11.3 Å². The minimum Gasteiger partial charge on any atom is -0.272 e. The normalized spacial score (nSPS) is 11.3. The third-order valence-electron chi connectivity index (χ3n) is 4.82. The molecule has 30 heavy (non-hydrogen) atoms. The van der Waals surface area contributed by atoms with Crippen molar-refractivity contribution < 1.29 is 4.79 Å². The topological polar surface area (TPSA) is 72.2 Å². The highest BCUT2D eigenvalue weighted by Gasteiger charge is 2.14. The zero-order valence-corrected chi connectivity index (χ0v) is 17.7. The summed E-state index contributed by atoms with van der Waals surface area (Å²) in [6.07, 6.45) is 3.26. The number of amides is 1. The van der Waals surface area contributed by atoms with Gasteiger partial charge >= 0.3 is 0 Å². The number of nitrogens with zero attached hydrogens (tertiary/aromatic N) is 4. The van der Waals surface area contributed by atoms with Gasteiger partial charge in [0, 0.05) is 29.3 Å². The molecule has 0 saturated heterocycles. The van der Waals surface area contributed by atoms with E-state index in [9.17, 15) is 4.79 Å². The first-order chi connectivity index (χ1) is 14.4. The number of benzene rings is 2. The Balaban J connectivity index is 1.70. The van der Waals surface area contributed by atoms with Gasteiger partial charge in [0.25, 0.3) is 5.91 Å². The van der Waals surface area contributed by atoms with Gasteiger partial charge in [-0.05, 0) is 31.2 Å². The Morgan fingerprint density at radius 1 is 1.13 bits per heavy atom.